The topological polar surface area (TPSA) is 75.1 Å². The van der Waals surface area contributed by atoms with Crippen LogP contribution in [0.1, 0.15) is 31.9 Å². The maximum absolute atomic E-state index is 13.6. The highest BCUT2D eigenvalue weighted by Crippen LogP contribution is 2.40. The van der Waals surface area contributed by atoms with Crippen molar-refractivity contribution < 1.29 is 9.18 Å². The van der Waals surface area contributed by atoms with Crippen LogP contribution in [0, 0.1) is 5.95 Å². The van der Waals surface area contributed by atoms with Gasteiger partial charge in [-0.15, -0.1) is 0 Å². The number of carbonyl (C=O) groups excluding carboxylic acids is 1. The van der Waals surface area contributed by atoms with Gasteiger partial charge in [0.15, 0.2) is 0 Å². The van der Waals surface area contributed by atoms with Crippen molar-refractivity contribution in [2.75, 3.05) is 23.8 Å². The van der Waals surface area contributed by atoms with Crippen LogP contribution in [0.4, 0.5) is 15.9 Å². The summed E-state index contributed by atoms with van der Waals surface area (Å²) in [5.74, 6) is -0.0457. The lowest BCUT2D eigenvalue weighted by Gasteiger charge is -2.39. The minimum Gasteiger partial charge on any atom is -0.363 e. The molecule has 1 aliphatic rings. The maximum atomic E-state index is 13.6. The molecular formula is C23H27FN6O. The van der Waals surface area contributed by atoms with Crippen molar-refractivity contribution in [2.24, 2.45) is 0 Å². The van der Waals surface area contributed by atoms with E-state index in [4.69, 9.17) is 0 Å². The lowest BCUT2D eigenvalue weighted by atomic mass is 9.89. The van der Waals surface area contributed by atoms with Crippen LogP contribution >= 0.6 is 0 Å². The van der Waals surface area contributed by atoms with E-state index in [0.717, 1.165) is 35.5 Å². The van der Waals surface area contributed by atoms with Crippen molar-refractivity contribution in [3.05, 3.63) is 60.3 Å². The summed E-state index contributed by atoms with van der Waals surface area (Å²) >= 11 is 0. The van der Waals surface area contributed by atoms with E-state index in [1.54, 1.807) is 19.1 Å². The van der Waals surface area contributed by atoms with E-state index in [-0.39, 0.29) is 18.0 Å². The number of nitrogens with zero attached hydrogens (tertiary/aromatic N) is 4. The molecule has 0 unspecified atom stereocenters. The number of amides is 1. The predicted octanol–water partition coefficient (Wildman–Crippen LogP) is 3.60. The molecule has 0 radical (unpaired) electrons. The molecule has 0 spiro atoms. The molecule has 2 aromatic heterocycles. The second kappa shape index (κ2) is 8.85. The molecule has 0 saturated carbocycles. The lowest BCUT2D eigenvalue weighted by molar-refractivity contribution is -0.117. The Morgan fingerprint density at radius 1 is 1.26 bits per heavy atom. The molecule has 0 fully saturated rings. The highest BCUT2D eigenvalue weighted by atomic mass is 19.1. The molecule has 1 amide bonds. The fourth-order valence-electron chi connectivity index (χ4n) is 4.19. The number of rotatable bonds is 6. The summed E-state index contributed by atoms with van der Waals surface area (Å²) in [5.41, 5.74) is 3.88. The number of pyridine rings is 1. The van der Waals surface area contributed by atoms with Gasteiger partial charge >= 0.3 is 0 Å². The van der Waals surface area contributed by atoms with E-state index in [9.17, 15) is 9.18 Å². The van der Waals surface area contributed by atoms with Crippen LogP contribution in [-0.4, -0.2) is 40.3 Å². The van der Waals surface area contributed by atoms with Crippen LogP contribution < -0.4 is 15.5 Å². The van der Waals surface area contributed by atoms with Crippen molar-refractivity contribution in [3.8, 4) is 11.1 Å². The summed E-state index contributed by atoms with van der Waals surface area (Å²) in [5, 5.41) is 10.9. The van der Waals surface area contributed by atoms with Crippen molar-refractivity contribution in [3.63, 3.8) is 0 Å². The monoisotopic (exact) mass is 422 g/mol. The zero-order valence-electron chi connectivity index (χ0n) is 18.0. The van der Waals surface area contributed by atoms with Crippen LogP contribution in [0.15, 0.2) is 48.8 Å². The Kier molecular flexibility index (Phi) is 5.99. The smallest absolute Gasteiger partial charge is 0.224 e. The first-order chi connectivity index (χ1) is 15.0. The number of carbonyl (C=O) groups is 1. The summed E-state index contributed by atoms with van der Waals surface area (Å²) in [6.07, 6.45) is 4.56. The average Bonchev–Trinajstić information content (AvgIpc) is 3.21. The van der Waals surface area contributed by atoms with Gasteiger partial charge in [0, 0.05) is 37.0 Å². The van der Waals surface area contributed by atoms with Gasteiger partial charge in [-0.3, -0.25) is 9.48 Å². The SMILES string of the molecule is CNCCn1cc(-c2ccc3c(c2)[C@H](Nc2cccc(F)n2)C[C@H](C)N3C(C)=O)cn1. The van der Waals surface area contributed by atoms with Gasteiger partial charge in [-0.25, -0.2) is 4.98 Å². The van der Waals surface area contributed by atoms with Crippen molar-refractivity contribution in [1.82, 2.24) is 20.1 Å². The fourth-order valence-corrected chi connectivity index (χ4v) is 4.19. The number of halogens is 1. The Balaban J connectivity index is 1.71. The van der Waals surface area contributed by atoms with Crippen LogP contribution in [-0.2, 0) is 11.3 Å². The largest absolute Gasteiger partial charge is 0.363 e. The van der Waals surface area contributed by atoms with Gasteiger partial charge in [-0.1, -0.05) is 12.1 Å². The first kappa shape index (κ1) is 21.0. The third-order valence-corrected chi connectivity index (χ3v) is 5.61. The highest BCUT2D eigenvalue weighted by Gasteiger charge is 2.33. The molecule has 3 aromatic rings. The van der Waals surface area contributed by atoms with Crippen molar-refractivity contribution in [1.29, 1.82) is 0 Å². The molecule has 0 bridgehead atoms. The van der Waals surface area contributed by atoms with E-state index >= 15 is 0 Å². The van der Waals surface area contributed by atoms with Gasteiger partial charge in [-0.2, -0.15) is 9.49 Å². The minimum absolute atomic E-state index is 0.00344. The normalized spacial score (nSPS) is 18.0. The first-order valence-corrected chi connectivity index (χ1v) is 10.5. The molecule has 8 heteroatoms. The van der Waals surface area contributed by atoms with Gasteiger partial charge in [0.1, 0.15) is 5.82 Å². The Labute approximate surface area is 181 Å². The van der Waals surface area contributed by atoms with Crippen molar-refractivity contribution >= 4 is 17.4 Å². The molecule has 2 N–H and O–H groups in total. The first-order valence-electron chi connectivity index (χ1n) is 10.5. The van der Waals surface area contributed by atoms with Crippen LogP contribution in [0.5, 0.6) is 0 Å². The molecule has 0 aliphatic carbocycles. The van der Waals surface area contributed by atoms with Gasteiger partial charge in [0.05, 0.1) is 18.8 Å². The fraction of sp³-hybridized carbons (Fsp3) is 0.348. The van der Waals surface area contributed by atoms with Gasteiger partial charge in [0.25, 0.3) is 0 Å². The minimum atomic E-state index is -0.526. The number of aromatic nitrogens is 3. The van der Waals surface area contributed by atoms with Crippen LogP contribution in [0.25, 0.3) is 11.1 Å². The van der Waals surface area contributed by atoms with Crippen molar-refractivity contribution in [2.45, 2.75) is 38.9 Å². The Bertz CT molecular complexity index is 1080. The van der Waals surface area contributed by atoms with E-state index in [2.05, 4.69) is 26.8 Å². The van der Waals surface area contributed by atoms with E-state index in [0.29, 0.717) is 12.2 Å². The molecule has 31 heavy (non-hydrogen) atoms. The van der Waals surface area contributed by atoms with Gasteiger partial charge < -0.3 is 15.5 Å². The number of anilines is 2. The summed E-state index contributed by atoms with van der Waals surface area (Å²) in [7, 11) is 1.91. The third-order valence-electron chi connectivity index (χ3n) is 5.61. The van der Waals surface area contributed by atoms with Gasteiger partial charge in [-0.05, 0) is 55.8 Å². The number of fused-ring (bicyclic) bond motifs is 1. The summed E-state index contributed by atoms with van der Waals surface area (Å²) in [6, 6.07) is 10.7. The predicted molar refractivity (Wildman–Crippen MR) is 119 cm³/mol. The number of hydrogen-bond donors (Lipinski definition) is 2. The van der Waals surface area contributed by atoms with Crippen LogP contribution in [0.2, 0.25) is 0 Å². The number of nitrogens with one attached hydrogen (secondary N) is 2. The Hall–Kier alpha value is -3.26. The zero-order chi connectivity index (χ0) is 22.0. The second-order valence-electron chi connectivity index (χ2n) is 7.89. The highest BCUT2D eigenvalue weighted by molar-refractivity contribution is 5.94. The third kappa shape index (κ3) is 4.44. The molecule has 4 rings (SSSR count). The van der Waals surface area contributed by atoms with Gasteiger partial charge in [0.2, 0.25) is 11.9 Å². The molecule has 3 heterocycles. The quantitative estimate of drug-likeness (QED) is 0.594. The molecule has 7 nitrogen and oxygen atoms in total. The zero-order valence-corrected chi connectivity index (χ0v) is 18.0. The molecule has 1 aliphatic heterocycles. The number of hydrogen-bond acceptors (Lipinski definition) is 5. The summed E-state index contributed by atoms with van der Waals surface area (Å²) in [4.78, 5) is 18.1. The van der Waals surface area contributed by atoms with Crippen LogP contribution in [0.3, 0.4) is 0 Å². The Morgan fingerprint density at radius 3 is 2.84 bits per heavy atom. The van der Waals surface area contributed by atoms with E-state index in [1.807, 2.05) is 48.1 Å². The lowest BCUT2D eigenvalue weighted by Crippen LogP contribution is -2.43. The van der Waals surface area contributed by atoms with E-state index < -0.39 is 5.95 Å². The Morgan fingerprint density at radius 2 is 2.10 bits per heavy atom. The molecule has 2 atom stereocenters. The molecule has 1 aromatic carbocycles. The maximum Gasteiger partial charge on any atom is 0.224 e. The van der Waals surface area contributed by atoms with E-state index in [1.165, 1.54) is 6.07 Å². The second-order valence-corrected chi connectivity index (χ2v) is 7.89. The molecular weight excluding hydrogens is 395 g/mol. The summed E-state index contributed by atoms with van der Waals surface area (Å²) in [6.45, 7) is 5.23. The standard InChI is InChI=1S/C23H27FN6O/c1-15-11-20(27-23-6-4-5-22(24)28-23)19-12-17(7-8-21(19)30(15)16(2)31)18-13-26-29(14-18)10-9-25-3/h4-8,12-15,20,25H,9-11H2,1-3H3,(H,27,28)/t15-,20+/m0/s1. The average molecular weight is 423 g/mol. The summed E-state index contributed by atoms with van der Waals surface area (Å²) < 4.78 is 15.5. The molecule has 162 valence electrons. The number of benzene rings is 1. The number of likely N-dealkylation sites (N-methyl/N-ethyl adjacent to an activating group) is 1. The molecule has 0 saturated heterocycles.